The number of nitrogens with zero attached hydrogens (tertiary/aromatic N) is 3. The van der Waals surface area contributed by atoms with Gasteiger partial charge in [-0.2, -0.15) is 0 Å². The molecule has 0 unspecified atom stereocenters. The van der Waals surface area contributed by atoms with Crippen molar-refractivity contribution in [2.45, 2.75) is 24.9 Å². The summed E-state index contributed by atoms with van der Waals surface area (Å²) in [5.41, 5.74) is 2.08. The maximum Gasteiger partial charge on any atom is 0.235 e. The lowest BCUT2D eigenvalue weighted by Gasteiger charge is -2.37. The number of piperidine rings is 1. The standard InChI is InChI=1S/C24H27FN4OS/c1-28(20-11-14-29(15-12-20)21-9-7-19(25)8-10-21)17-22(30)27-23(24-26-13-16-31-24)18-5-3-2-4-6-18/h2-10,13,16,20,23H,11-12,14-15,17H2,1H3,(H,27,30)/t23-/m1/s1. The third-order valence-electron chi connectivity index (χ3n) is 5.81. The molecule has 2 heterocycles. The summed E-state index contributed by atoms with van der Waals surface area (Å²) in [7, 11) is 2.01. The summed E-state index contributed by atoms with van der Waals surface area (Å²) in [6.07, 6.45) is 3.70. The molecule has 1 aliphatic rings. The Morgan fingerprint density at radius 2 is 1.90 bits per heavy atom. The van der Waals surface area contributed by atoms with Crippen molar-refractivity contribution in [3.8, 4) is 0 Å². The Balaban J connectivity index is 1.32. The number of thiazole rings is 1. The molecule has 7 heteroatoms. The lowest BCUT2D eigenvalue weighted by atomic mass is 10.0. The summed E-state index contributed by atoms with van der Waals surface area (Å²) >= 11 is 1.55. The van der Waals surface area contributed by atoms with Crippen molar-refractivity contribution in [1.29, 1.82) is 0 Å². The molecule has 3 aromatic rings. The average Bonchev–Trinajstić information content (AvgIpc) is 3.33. The Labute approximate surface area is 186 Å². The van der Waals surface area contributed by atoms with Gasteiger partial charge in [0.1, 0.15) is 16.9 Å². The highest BCUT2D eigenvalue weighted by Crippen LogP contribution is 2.25. The lowest BCUT2D eigenvalue weighted by molar-refractivity contribution is -0.123. The number of anilines is 1. The van der Waals surface area contributed by atoms with Gasteiger partial charge in [-0.05, 0) is 49.7 Å². The molecule has 1 aromatic heterocycles. The van der Waals surface area contributed by atoms with Crippen LogP contribution in [-0.2, 0) is 4.79 Å². The van der Waals surface area contributed by atoms with E-state index < -0.39 is 0 Å². The van der Waals surface area contributed by atoms with Gasteiger partial charge in [0, 0.05) is 36.4 Å². The Bertz CT molecular complexity index is 957. The van der Waals surface area contributed by atoms with Crippen LogP contribution in [0.1, 0.15) is 29.5 Å². The van der Waals surface area contributed by atoms with Crippen LogP contribution in [0.15, 0.2) is 66.2 Å². The molecule has 1 amide bonds. The van der Waals surface area contributed by atoms with Crippen molar-refractivity contribution in [1.82, 2.24) is 15.2 Å². The Kier molecular flexibility index (Phi) is 6.94. The average molecular weight is 439 g/mol. The molecular formula is C24H27FN4OS. The fourth-order valence-electron chi connectivity index (χ4n) is 4.09. The van der Waals surface area contributed by atoms with E-state index in [2.05, 4.69) is 20.1 Å². The fraction of sp³-hybridized carbons (Fsp3) is 0.333. The fourth-order valence-corrected chi connectivity index (χ4v) is 4.80. The zero-order valence-electron chi connectivity index (χ0n) is 17.6. The van der Waals surface area contributed by atoms with E-state index in [1.165, 1.54) is 12.1 Å². The molecule has 0 bridgehead atoms. The third-order valence-corrected chi connectivity index (χ3v) is 6.65. The van der Waals surface area contributed by atoms with E-state index in [9.17, 15) is 9.18 Å². The second-order valence-corrected chi connectivity index (χ2v) is 8.82. The first-order valence-electron chi connectivity index (χ1n) is 10.5. The van der Waals surface area contributed by atoms with Crippen LogP contribution in [0.2, 0.25) is 0 Å². The summed E-state index contributed by atoms with van der Waals surface area (Å²) < 4.78 is 13.2. The van der Waals surface area contributed by atoms with Gasteiger partial charge in [-0.15, -0.1) is 11.3 Å². The third kappa shape index (κ3) is 5.48. The molecule has 1 atom stereocenters. The van der Waals surface area contributed by atoms with Gasteiger partial charge in [-0.25, -0.2) is 9.37 Å². The Hall–Kier alpha value is -2.77. The van der Waals surface area contributed by atoms with Gasteiger partial charge in [-0.3, -0.25) is 9.69 Å². The topological polar surface area (TPSA) is 48.5 Å². The van der Waals surface area contributed by atoms with Crippen LogP contribution >= 0.6 is 11.3 Å². The lowest BCUT2D eigenvalue weighted by Crippen LogP contribution is -2.47. The zero-order valence-corrected chi connectivity index (χ0v) is 18.4. The number of likely N-dealkylation sites (N-methyl/N-ethyl adjacent to an activating group) is 1. The Morgan fingerprint density at radius 3 is 2.55 bits per heavy atom. The van der Waals surface area contributed by atoms with Crippen LogP contribution < -0.4 is 10.2 Å². The summed E-state index contributed by atoms with van der Waals surface area (Å²) in [5, 5.41) is 5.98. The van der Waals surface area contributed by atoms with Gasteiger partial charge in [0.2, 0.25) is 5.91 Å². The van der Waals surface area contributed by atoms with Crippen LogP contribution in [0.25, 0.3) is 0 Å². The SMILES string of the molecule is CN(CC(=O)N[C@H](c1ccccc1)c1nccs1)C1CCN(c2ccc(F)cc2)CC1. The maximum atomic E-state index is 13.2. The molecule has 1 N–H and O–H groups in total. The minimum atomic E-state index is -0.234. The zero-order chi connectivity index (χ0) is 21.6. The number of halogens is 1. The number of amides is 1. The predicted octanol–water partition coefficient (Wildman–Crippen LogP) is 4.09. The van der Waals surface area contributed by atoms with Crippen LogP contribution in [0.5, 0.6) is 0 Å². The molecule has 2 aromatic carbocycles. The number of hydrogen-bond acceptors (Lipinski definition) is 5. The van der Waals surface area contributed by atoms with Gasteiger partial charge < -0.3 is 10.2 Å². The molecule has 4 rings (SSSR count). The van der Waals surface area contributed by atoms with Crippen LogP contribution in [0, 0.1) is 5.82 Å². The molecule has 0 spiro atoms. The molecule has 0 saturated carbocycles. The molecule has 1 saturated heterocycles. The van der Waals surface area contributed by atoms with Gasteiger partial charge in [0.25, 0.3) is 0 Å². The molecule has 5 nitrogen and oxygen atoms in total. The smallest absolute Gasteiger partial charge is 0.235 e. The van der Waals surface area contributed by atoms with Crippen molar-refractivity contribution < 1.29 is 9.18 Å². The Morgan fingerprint density at radius 1 is 1.19 bits per heavy atom. The van der Waals surface area contributed by atoms with Crippen molar-refractivity contribution in [3.05, 3.63) is 82.6 Å². The van der Waals surface area contributed by atoms with E-state index in [1.807, 2.05) is 54.9 Å². The van der Waals surface area contributed by atoms with Gasteiger partial charge in [-0.1, -0.05) is 30.3 Å². The van der Waals surface area contributed by atoms with Crippen molar-refractivity contribution >= 4 is 22.9 Å². The first kappa shape index (κ1) is 21.5. The van der Waals surface area contributed by atoms with Gasteiger partial charge in [0.05, 0.1) is 6.54 Å². The van der Waals surface area contributed by atoms with Crippen LogP contribution in [-0.4, -0.2) is 48.5 Å². The second kappa shape index (κ2) is 10.0. The molecular weight excluding hydrogens is 411 g/mol. The summed E-state index contributed by atoms with van der Waals surface area (Å²) in [6.45, 7) is 2.14. The molecule has 1 fully saturated rings. The number of aromatic nitrogens is 1. The molecule has 1 aliphatic heterocycles. The van der Waals surface area contributed by atoms with E-state index in [1.54, 1.807) is 17.5 Å². The van der Waals surface area contributed by atoms with Crippen LogP contribution in [0.4, 0.5) is 10.1 Å². The predicted molar refractivity (Wildman–Crippen MR) is 123 cm³/mol. The van der Waals surface area contributed by atoms with Crippen molar-refractivity contribution in [2.24, 2.45) is 0 Å². The second-order valence-electron chi connectivity index (χ2n) is 7.89. The minimum Gasteiger partial charge on any atom is -0.371 e. The van der Waals surface area contributed by atoms with Gasteiger partial charge in [0.15, 0.2) is 0 Å². The molecule has 0 radical (unpaired) electrons. The van der Waals surface area contributed by atoms with E-state index >= 15 is 0 Å². The number of benzene rings is 2. The maximum absolute atomic E-state index is 13.2. The summed E-state index contributed by atoms with van der Waals surface area (Å²) in [5.74, 6) is -0.219. The molecule has 31 heavy (non-hydrogen) atoms. The highest BCUT2D eigenvalue weighted by molar-refractivity contribution is 7.09. The van der Waals surface area contributed by atoms with Gasteiger partial charge >= 0.3 is 0 Å². The number of hydrogen-bond donors (Lipinski definition) is 1. The van der Waals surface area contributed by atoms with E-state index in [4.69, 9.17) is 0 Å². The summed E-state index contributed by atoms with van der Waals surface area (Å²) in [6, 6.07) is 16.7. The highest BCUT2D eigenvalue weighted by atomic mass is 32.1. The van der Waals surface area contributed by atoms with Crippen LogP contribution in [0.3, 0.4) is 0 Å². The first-order valence-corrected chi connectivity index (χ1v) is 11.4. The normalized spacial score (nSPS) is 15.8. The first-order chi connectivity index (χ1) is 15.1. The van der Waals surface area contributed by atoms with E-state index in [0.717, 1.165) is 42.2 Å². The number of carbonyl (C=O) groups excluding carboxylic acids is 1. The van der Waals surface area contributed by atoms with E-state index in [0.29, 0.717) is 12.6 Å². The monoisotopic (exact) mass is 438 g/mol. The van der Waals surface area contributed by atoms with E-state index in [-0.39, 0.29) is 17.8 Å². The number of nitrogens with one attached hydrogen (secondary N) is 1. The summed E-state index contributed by atoms with van der Waals surface area (Å²) in [4.78, 5) is 21.7. The molecule has 162 valence electrons. The molecule has 0 aliphatic carbocycles. The highest BCUT2D eigenvalue weighted by Gasteiger charge is 2.25. The van der Waals surface area contributed by atoms with Crippen molar-refractivity contribution in [3.63, 3.8) is 0 Å². The number of carbonyl (C=O) groups is 1. The number of rotatable bonds is 7. The largest absolute Gasteiger partial charge is 0.371 e. The minimum absolute atomic E-state index is 0.00693. The quantitative estimate of drug-likeness (QED) is 0.604. The van der Waals surface area contributed by atoms with Crippen molar-refractivity contribution in [2.75, 3.05) is 31.6 Å².